The lowest BCUT2D eigenvalue weighted by molar-refractivity contribution is -0.131. The van der Waals surface area contributed by atoms with E-state index in [1.807, 2.05) is 0 Å². The van der Waals surface area contributed by atoms with E-state index in [0.29, 0.717) is 16.8 Å². The summed E-state index contributed by atoms with van der Waals surface area (Å²) in [5.74, 6) is -1.59. The number of amides is 4. The van der Waals surface area contributed by atoms with Crippen LogP contribution in [0.3, 0.4) is 0 Å². The molecule has 1 aliphatic heterocycles. The summed E-state index contributed by atoms with van der Waals surface area (Å²) >= 11 is 0. The Hall–Kier alpha value is -3.55. The van der Waals surface area contributed by atoms with E-state index in [-0.39, 0.29) is 12.3 Å². The van der Waals surface area contributed by atoms with Crippen molar-refractivity contribution in [3.63, 3.8) is 0 Å². The van der Waals surface area contributed by atoms with Crippen LogP contribution in [0.25, 0.3) is 0 Å². The molecule has 2 aromatic carbocycles. The van der Waals surface area contributed by atoms with E-state index in [4.69, 9.17) is 0 Å². The fourth-order valence-electron chi connectivity index (χ4n) is 3.44. The second-order valence-electron chi connectivity index (χ2n) is 8.79. The third-order valence-corrected chi connectivity index (χ3v) is 5.49. The monoisotopic (exact) mass is 439 g/mol. The fraction of sp³-hybridized carbons (Fsp3) is 0.333. The maximum atomic E-state index is 13.3. The third kappa shape index (κ3) is 4.39. The number of nitrogens with zero attached hydrogens (tertiary/aromatic N) is 1. The molecule has 1 heterocycles. The van der Waals surface area contributed by atoms with Crippen LogP contribution in [0.15, 0.2) is 48.5 Å². The zero-order valence-corrected chi connectivity index (χ0v) is 18.5. The summed E-state index contributed by atoms with van der Waals surface area (Å²) in [6.45, 7) is 6.68. The number of carbonyl (C=O) groups is 4. The van der Waals surface area contributed by atoms with Crippen LogP contribution in [-0.2, 0) is 15.1 Å². The number of hydrogen-bond donors (Lipinski definition) is 2. The van der Waals surface area contributed by atoms with Crippen molar-refractivity contribution in [2.45, 2.75) is 39.7 Å². The maximum absolute atomic E-state index is 13.3. The Bertz CT molecular complexity index is 1060. The van der Waals surface area contributed by atoms with Crippen molar-refractivity contribution in [2.24, 2.45) is 5.41 Å². The summed E-state index contributed by atoms with van der Waals surface area (Å²) in [6, 6.07) is 10.9. The molecule has 3 rings (SSSR count). The van der Waals surface area contributed by atoms with Crippen LogP contribution in [-0.4, -0.2) is 35.1 Å². The van der Waals surface area contributed by atoms with Crippen molar-refractivity contribution in [1.82, 2.24) is 10.2 Å². The predicted octanol–water partition coefficient (Wildman–Crippen LogP) is 3.85. The molecule has 0 bridgehead atoms. The number of anilines is 1. The minimum absolute atomic E-state index is 0.160. The number of ketones is 1. The minimum atomic E-state index is -1.34. The molecule has 1 aliphatic rings. The van der Waals surface area contributed by atoms with Crippen molar-refractivity contribution in [2.75, 3.05) is 11.9 Å². The first-order valence-electron chi connectivity index (χ1n) is 10.3. The summed E-state index contributed by atoms with van der Waals surface area (Å²) in [7, 11) is 0. The summed E-state index contributed by atoms with van der Waals surface area (Å²) < 4.78 is 13.3. The van der Waals surface area contributed by atoms with Crippen molar-refractivity contribution in [1.29, 1.82) is 0 Å². The molecule has 2 aromatic rings. The molecule has 1 atom stereocenters. The topological polar surface area (TPSA) is 95.6 Å². The van der Waals surface area contributed by atoms with Gasteiger partial charge in [-0.15, -0.1) is 0 Å². The second-order valence-corrected chi connectivity index (χ2v) is 8.79. The van der Waals surface area contributed by atoms with Gasteiger partial charge in [0.15, 0.2) is 5.78 Å². The number of carbonyl (C=O) groups excluding carboxylic acids is 4. The molecule has 32 heavy (non-hydrogen) atoms. The number of urea groups is 1. The van der Waals surface area contributed by atoms with Crippen LogP contribution < -0.4 is 10.6 Å². The van der Waals surface area contributed by atoms with Gasteiger partial charge in [0.05, 0.1) is 6.54 Å². The average Bonchev–Trinajstić information content (AvgIpc) is 2.99. The molecule has 8 heteroatoms. The molecule has 0 radical (unpaired) electrons. The minimum Gasteiger partial charge on any atom is -0.326 e. The summed E-state index contributed by atoms with van der Waals surface area (Å²) in [4.78, 5) is 51.4. The number of rotatable bonds is 6. The quantitative estimate of drug-likeness (QED) is 0.528. The maximum Gasteiger partial charge on any atom is 0.325 e. The van der Waals surface area contributed by atoms with Gasteiger partial charge in [-0.25, -0.2) is 9.18 Å². The highest BCUT2D eigenvalue weighted by Crippen LogP contribution is 2.32. The molecule has 7 nitrogen and oxygen atoms in total. The van der Waals surface area contributed by atoms with Crippen molar-refractivity contribution in [3.05, 3.63) is 65.5 Å². The van der Waals surface area contributed by atoms with Crippen LogP contribution in [0, 0.1) is 11.2 Å². The van der Waals surface area contributed by atoms with Crippen LogP contribution >= 0.6 is 0 Å². The van der Waals surface area contributed by atoms with Crippen molar-refractivity contribution < 1.29 is 23.6 Å². The highest BCUT2D eigenvalue weighted by molar-refractivity contribution is 6.11. The lowest BCUT2D eigenvalue weighted by atomic mass is 9.87. The van der Waals surface area contributed by atoms with E-state index in [0.717, 1.165) is 4.90 Å². The lowest BCUT2D eigenvalue weighted by Crippen LogP contribution is -2.43. The van der Waals surface area contributed by atoms with Gasteiger partial charge >= 0.3 is 6.03 Å². The largest absolute Gasteiger partial charge is 0.326 e. The molecule has 0 saturated carbocycles. The fourth-order valence-corrected chi connectivity index (χ4v) is 3.44. The van der Waals surface area contributed by atoms with Gasteiger partial charge in [0.2, 0.25) is 5.91 Å². The van der Waals surface area contributed by atoms with Crippen molar-refractivity contribution in [3.8, 4) is 0 Å². The molecule has 0 spiro atoms. The highest BCUT2D eigenvalue weighted by Gasteiger charge is 2.51. The number of benzene rings is 2. The van der Waals surface area contributed by atoms with Gasteiger partial charge in [0.1, 0.15) is 11.4 Å². The van der Waals surface area contributed by atoms with Crippen LogP contribution in [0.4, 0.5) is 14.9 Å². The Morgan fingerprint density at radius 2 is 1.62 bits per heavy atom. The molecule has 1 unspecified atom stereocenters. The standard InChI is InChI=1S/C24H26FN3O4/c1-5-24(16-8-10-17(25)11-9-16)21(31)28(22(32)27-24)14-19(29)15-6-12-18(13-7-15)26-20(30)23(2,3)4/h6-13H,5,14H2,1-4H3,(H,26,30)(H,27,32). The van der Waals surface area contributed by atoms with Gasteiger partial charge in [-0.1, -0.05) is 39.8 Å². The van der Waals surface area contributed by atoms with Crippen LogP contribution in [0.5, 0.6) is 0 Å². The SMILES string of the molecule is CCC1(c2ccc(F)cc2)NC(=O)N(CC(=O)c2ccc(NC(=O)C(C)(C)C)cc2)C1=O. The van der Waals surface area contributed by atoms with E-state index >= 15 is 0 Å². The Morgan fingerprint density at radius 3 is 2.16 bits per heavy atom. The smallest absolute Gasteiger partial charge is 0.325 e. The molecular weight excluding hydrogens is 413 g/mol. The van der Waals surface area contributed by atoms with Crippen LogP contribution in [0.2, 0.25) is 0 Å². The first-order valence-corrected chi connectivity index (χ1v) is 10.3. The average molecular weight is 439 g/mol. The van der Waals surface area contributed by atoms with E-state index in [1.54, 1.807) is 39.8 Å². The van der Waals surface area contributed by atoms with Gasteiger partial charge in [0.25, 0.3) is 5.91 Å². The summed E-state index contributed by atoms with van der Waals surface area (Å²) in [5.41, 5.74) is -0.609. The normalized spacial score (nSPS) is 18.5. The van der Waals surface area contributed by atoms with E-state index in [1.165, 1.54) is 36.4 Å². The second kappa shape index (κ2) is 8.53. The Labute approximate surface area is 186 Å². The third-order valence-electron chi connectivity index (χ3n) is 5.49. The Morgan fingerprint density at radius 1 is 1.03 bits per heavy atom. The number of halogens is 1. The predicted molar refractivity (Wildman–Crippen MR) is 117 cm³/mol. The Balaban J connectivity index is 1.75. The summed E-state index contributed by atoms with van der Waals surface area (Å²) in [6.07, 6.45) is 0.246. The molecule has 168 valence electrons. The van der Waals surface area contributed by atoms with E-state index in [2.05, 4.69) is 10.6 Å². The number of hydrogen-bond acceptors (Lipinski definition) is 4. The van der Waals surface area contributed by atoms with Gasteiger partial charge in [0, 0.05) is 16.7 Å². The van der Waals surface area contributed by atoms with Gasteiger partial charge in [-0.2, -0.15) is 0 Å². The first-order chi connectivity index (χ1) is 15.0. The molecule has 0 aromatic heterocycles. The zero-order valence-electron chi connectivity index (χ0n) is 18.5. The number of nitrogens with one attached hydrogen (secondary N) is 2. The number of imide groups is 1. The van der Waals surface area contributed by atoms with E-state index < -0.39 is 41.0 Å². The number of Topliss-reactive ketones (excluding diaryl/α,β-unsaturated/α-hetero) is 1. The van der Waals surface area contributed by atoms with Gasteiger partial charge in [-0.3, -0.25) is 19.3 Å². The molecule has 2 N–H and O–H groups in total. The zero-order chi connectivity index (χ0) is 23.7. The summed E-state index contributed by atoms with van der Waals surface area (Å²) in [5, 5.41) is 5.44. The molecule has 1 fully saturated rings. The molecule has 1 saturated heterocycles. The highest BCUT2D eigenvalue weighted by atomic mass is 19.1. The van der Waals surface area contributed by atoms with Crippen molar-refractivity contribution >= 4 is 29.3 Å². The van der Waals surface area contributed by atoms with Gasteiger partial charge in [-0.05, 0) is 48.4 Å². The Kier molecular flexibility index (Phi) is 6.16. The molecule has 4 amide bonds. The van der Waals surface area contributed by atoms with Gasteiger partial charge < -0.3 is 10.6 Å². The van der Waals surface area contributed by atoms with Crippen LogP contribution in [0.1, 0.15) is 50.0 Å². The lowest BCUT2D eigenvalue weighted by Gasteiger charge is -2.25. The first kappa shape index (κ1) is 23.1. The van der Waals surface area contributed by atoms with E-state index in [9.17, 15) is 23.6 Å². The molecule has 0 aliphatic carbocycles. The molecular formula is C24H26FN3O4.